The molecule has 0 aliphatic carbocycles. The van der Waals surface area contributed by atoms with Crippen LogP contribution < -0.4 is 5.32 Å². The Kier molecular flexibility index (Phi) is 2.97. The van der Waals surface area contributed by atoms with E-state index in [1.807, 2.05) is 43.3 Å². The van der Waals surface area contributed by atoms with E-state index in [1.54, 1.807) is 6.26 Å². The van der Waals surface area contributed by atoms with Gasteiger partial charge >= 0.3 is 0 Å². The van der Waals surface area contributed by atoms with Crippen LogP contribution >= 0.6 is 11.6 Å². The Morgan fingerprint density at radius 2 is 1.93 bits per heavy atom. The van der Waals surface area contributed by atoms with Crippen molar-refractivity contribution in [2.45, 2.75) is 13.0 Å². The third-order valence-corrected chi connectivity index (χ3v) is 2.45. The molecule has 2 aromatic rings. The van der Waals surface area contributed by atoms with Crippen LogP contribution in [0.25, 0.3) is 0 Å². The largest absolute Gasteiger partial charge is 0.467 e. The Labute approximate surface area is 93.9 Å². The number of hydrogen-bond acceptors (Lipinski definition) is 2. The van der Waals surface area contributed by atoms with Crippen molar-refractivity contribution >= 4 is 17.3 Å². The van der Waals surface area contributed by atoms with Crippen LogP contribution in [0.4, 0.5) is 5.69 Å². The Morgan fingerprint density at radius 3 is 2.53 bits per heavy atom. The summed E-state index contributed by atoms with van der Waals surface area (Å²) in [4.78, 5) is 0. The first-order chi connectivity index (χ1) is 7.25. The first-order valence-corrected chi connectivity index (χ1v) is 5.19. The zero-order valence-electron chi connectivity index (χ0n) is 8.41. The van der Waals surface area contributed by atoms with E-state index in [-0.39, 0.29) is 6.04 Å². The lowest BCUT2D eigenvalue weighted by molar-refractivity contribution is 0.490. The molecule has 1 aromatic carbocycles. The van der Waals surface area contributed by atoms with Crippen molar-refractivity contribution in [3.05, 3.63) is 53.4 Å². The summed E-state index contributed by atoms with van der Waals surface area (Å²) >= 11 is 5.80. The van der Waals surface area contributed by atoms with Crippen LogP contribution in [0.1, 0.15) is 18.7 Å². The highest BCUT2D eigenvalue weighted by Gasteiger charge is 2.06. The van der Waals surface area contributed by atoms with Gasteiger partial charge in [0, 0.05) is 10.7 Å². The molecule has 1 aromatic heterocycles. The van der Waals surface area contributed by atoms with E-state index >= 15 is 0 Å². The molecule has 0 aliphatic heterocycles. The van der Waals surface area contributed by atoms with Gasteiger partial charge in [0.1, 0.15) is 5.76 Å². The van der Waals surface area contributed by atoms with Crippen molar-refractivity contribution in [1.29, 1.82) is 0 Å². The number of hydrogen-bond donors (Lipinski definition) is 1. The summed E-state index contributed by atoms with van der Waals surface area (Å²) in [6.07, 6.45) is 1.68. The van der Waals surface area contributed by atoms with E-state index in [2.05, 4.69) is 5.32 Å². The highest BCUT2D eigenvalue weighted by molar-refractivity contribution is 6.30. The molecule has 0 unspecified atom stereocenters. The molecule has 0 amide bonds. The number of anilines is 1. The van der Waals surface area contributed by atoms with Crippen molar-refractivity contribution in [3.8, 4) is 0 Å². The highest BCUT2D eigenvalue weighted by Crippen LogP contribution is 2.20. The first kappa shape index (κ1) is 10.1. The summed E-state index contributed by atoms with van der Waals surface area (Å²) in [6.45, 7) is 2.05. The van der Waals surface area contributed by atoms with Crippen molar-refractivity contribution in [2.24, 2.45) is 0 Å². The standard InChI is InChI=1S/C12H12ClNO/c1-9(12-3-2-8-15-12)14-11-6-4-10(13)5-7-11/h2-9,14H,1H3/t9-/m0/s1. The quantitative estimate of drug-likeness (QED) is 0.844. The maximum atomic E-state index is 5.80. The second kappa shape index (κ2) is 4.41. The van der Waals surface area contributed by atoms with Crippen LogP contribution in [0.15, 0.2) is 47.1 Å². The number of rotatable bonds is 3. The summed E-state index contributed by atoms with van der Waals surface area (Å²) in [5.74, 6) is 0.921. The molecular formula is C12H12ClNO. The van der Waals surface area contributed by atoms with Gasteiger partial charge in [-0.3, -0.25) is 0 Å². The van der Waals surface area contributed by atoms with E-state index < -0.39 is 0 Å². The monoisotopic (exact) mass is 221 g/mol. The average molecular weight is 222 g/mol. The van der Waals surface area contributed by atoms with Crippen molar-refractivity contribution in [1.82, 2.24) is 0 Å². The molecule has 0 bridgehead atoms. The van der Waals surface area contributed by atoms with Crippen LogP contribution in [-0.2, 0) is 0 Å². The van der Waals surface area contributed by atoms with E-state index in [4.69, 9.17) is 16.0 Å². The summed E-state index contributed by atoms with van der Waals surface area (Å²) in [5.41, 5.74) is 1.03. The average Bonchev–Trinajstić information content (AvgIpc) is 2.74. The molecule has 0 radical (unpaired) electrons. The summed E-state index contributed by atoms with van der Waals surface area (Å²) < 4.78 is 5.30. The minimum atomic E-state index is 0.154. The molecule has 1 heterocycles. The Balaban J connectivity index is 2.06. The van der Waals surface area contributed by atoms with Crippen LogP contribution in [0.2, 0.25) is 5.02 Å². The van der Waals surface area contributed by atoms with Crippen molar-refractivity contribution in [3.63, 3.8) is 0 Å². The molecule has 0 aliphatic rings. The molecule has 1 N–H and O–H groups in total. The normalized spacial score (nSPS) is 12.4. The van der Waals surface area contributed by atoms with Gasteiger partial charge in [-0.05, 0) is 43.3 Å². The molecule has 0 saturated carbocycles. The maximum absolute atomic E-state index is 5.80. The molecular weight excluding hydrogens is 210 g/mol. The Hall–Kier alpha value is -1.41. The van der Waals surface area contributed by atoms with Crippen LogP contribution in [0.3, 0.4) is 0 Å². The number of furan rings is 1. The Morgan fingerprint density at radius 1 is 1.20 bits per heavy atom. The van der Waals surface area contributed by atoms with E-state index in [0.29, 0.717) is 0 Å². The summed E-state index contributed by atoms with van der Waals surface area (Å²) in [6, 6.07) is 11.6. The minimum absolute atomic E-state index is 0.154. The molecule has 15 heavy (non-hydrogen) atoms. The summed E-state index contributed by atoms with van der Waals surface area (Å²) in [7, 11) is 0. The fourth-order valence-corrected chi connectivity index (χ4v) is 1.53. The topological polar surface area (TPSA) is 25.2 Å². The van der Waals surface area contributed by atoms with E-state index in [9.17, 15) is 0 Å². The molecule has 0 fully saturated rings. The predicted molar refractivity (Wildman–Crippen MR) is 62.2 cm³/mol. The van der Waals surface area contributed by atoms with Gasteiger partial charge in [0.25, 0.3) is 0 Å². The zero-order chi connectivity index (χ0) is 10.7. The number of nitrogens with one attached hydrogen (secondary N) is 1. The fraction of sp³-hybridized carbons (Fsp3) is 0.167. The third kappa shape index (κ3) is 2.54. The molecule has 3 heteroatoms. The van der Waals surface area contributed by atoms with Gasteiger partial charge in [0.15, 0.2) is 0 Å². The molecule has 0 saturated heterocycles. The first-order valence-electron chi connectivity index (χ1n) is 4.81. The molecule has 0 spiro atoms. The Bertz CT molecular complexity index is 408. The van der Waals surface area contributed by atoms with Gasteiger partial charge < -0.3 is 9.73 Å². The zero-order valence-corrected chi connectivity index (χ0v) is 9.16. The summed E-state index contributed by atoms with van der Waals surface area (Å²) in [5, 5.41) is 4.06. The van der Waals surface area contributed by atoms with Crippen LogP contribution in [0, 0.1) is 0 Å². The van der Waals surface area contributed by atoms with Gasteiger partial charge in [0.2, 0.25) is 0 Å². The van der Waals surface area contributed by atoms with E-state index in [1.165, 1.54) is 0 Å². The van der Waals surface area contributed by atoms with E-state index in [0.717, 1.165) is 16.5 Å². The molecule has 2 rings (SSSR count). The predicted octanol–water partition coefficient (Wildman–Crippen LogP) is 4.11. The van der Waals surface area contributed by atoms with Crippen LogP contribution in [0.5, 0.6) is 0 Å². The minimum Gasteiger partial charge on any atom is -0.467 e. The lowest BCUT2D eigenvalue weighted by Crippen LogP contribution is -2.04. The maximum Gasteiger partial charge on any atom is 0.125 e. The van der Waals surface area contributed by atoms with Gasteiger partial charge in [-0.1, -0.05) is 11.6 Å². The molecule has 78 valence electrons. The smallest absolute Gasteiger partial charge is 0.125 e. The lowest BCUT2D eigenvalue weighted by Gasteiger charge is -2.12. The van der Waals surface area contributed by atoms with Crippen molar-refractivity contribution in [2.75, 3.05) is 5.32 Å². The van der Waals surface area contributed by atoms with Gasteiger partial charge in [-0.15, -0.1) is 0 Å². The molecule has 1 atom stereocenters. The van der Waals surface area contributed by atoms with Gasteiger partial charge in [0.05, 0.1) is 12.3 Å². The number of halogens is 1. The lowest BCUT2D eigenvalue weighted by atomic mass is 10.2. The third-order valence-electron chi connectivity index (χ3n) is 2.20. The van der Waals surface area contributed by atoms with Crippen LogP contribution in [-0.4, -0.2) is 0 Å². The SMILES string of the molecule is C[C@H](Nc1ccc(Cl)cc1)c1ccco1. The second-order valence-corrected chi connectivity index (χ2v) is 3.82. The van der Waals surface area contributed by atoms with Crippen molar-refractivity contribution < 1.29 is 4.42 Å². The van der Waals surface area contributed by atoms with Gasteiger partial charge in [-0.2, -0.15) is 0 Å². The fourth-order valence-electron chi connectivity index (χ4n) is 1.40. The second-order valence-electron chi connectivity index (χ2n) is 3.39. The molecule has 2 nitrogen and oxygen atoms in total. The highest BCUT2D eigenvalue weighted by atomic mass is 35.5. The van der Waals surface area contributed by atoms with Gasteiger partial charge in [-0.25, -0.2) is 0 Å². The number of benzene rings is 1.